The molecule has 1 atom stereocenters. The lowest BCUT2D eigenvalue weighted by atomic mass is 10.1. The molecular formula is C16H25N3O2. The number of benzene rings is 1. The molecule has 0 aromatic heterocycles. The van der Waals surface area contributed by atoms with Crippen molar-refractivity contribution in [2.24, 2.45) is 5.73 Å². The van der Waals surface area contributed by atoms with Gasteiger partial charge in [0.2, 0.25) is 0 Å². The molecule has 1 aliphatic rings. The van der Waals surface area contributed by atoms with Crippen LogP contribution in [0.3, 0.4) is 0 Å². The first-order valence-corrected chi connectivity index (χ1v) is 7.70. The predicted molar refractivity (Wildman–Crippen MR) is 83.4 cm³/mol. The molecule has 0 radical (unpaired) electrons. The van der Waals surface area contributed by atoms with Crippen molar-refractivity contribution in [1.29, 1.82) is 0 Å². The molecule has 1 aliphatic heterocycles. The maximum Gasteiger partial charge on any atom is 0.415 e. The molecular weight excluding hydrogens is 266 g/mol. The molecule has 0 spiro atoms. The van der Waals surface area contributed by atoms with E-state index in [1.807, 2.05) is 18.2 Å². The monoisotopic (exact) mass is 291 g/mol. The Hall–Kier alpha value is -1.59. The van der Waals surface area contributed by atoms with Gasteiger partial charge in [0.15, 0.2) is 0 Å². The van der Waals surface area contributed by atoms with Crippen LogP contribution < -0.4 is 10.5 Å². The largest absolute Gasteiger partial charge is 0.415 e. The molecule has 1 saturated heterocycles. The fourth-order valence-corrected chi connectivity index (χ4v) is 2.71. The topological polar surface area (TPSA) is 58.8 Å². The third-order valence-corrected chi connectivity index (χ3v) is 3.93. The number of piperazine rings is 1. The highest BCUT2D eigenvalue weighted by atomic mass is 16.6. The van der Waals surface area contributed by atoms with E-state index >= 15 is 0 Å². The van der Waals surface area contributed by atoms with Crippen LogP contribution in [0, 0.1) is 0 Å². The van der Waals surface area contributed by atoms with Crippen molar-refractivity contribution in [1.82, 2.24) is 9.80 Å². The van der Waals surface area contributed by atoms with Gasteiger partial charge in [-0.15, -0.1) is 0 Å². The van der Waals surface area contributed by atoms with Crippen molar-refractivity contribution >= 4 is 6.09 Å². The molecule has 5 heteroatoms. The summed E-state index contributed by atoms with van der Waals surface area (Å²) in [7, 11) is 0. The van der Waals surface area contributed by atoms with E-state index in [9.17, 15) is 4.79 Å². The number of hydrogen-bond acceptors (Lipinski definition) is 4. The van der Waals surface area contributed by atoms with Crippen LogP contribution in [0.15, 0.2) is 30.3 Å². The number of amides is 1. The highest BCUT2D eigenvalue weighted by molar-refractivity contribution is 5.70. The Morgan fingerprint density at radius 2 is 1.90 bits per heavy atom. The predicted octanol–water partition coefficient (Wildman–Crippen LogP) is 1.93. The lowest BCUT2D eigenvalue weighted by Crippen LogP contribution is -2.54. The minimum atomic E-state index is -0.263. The highest BCUT2D eigenvalue weighted by Gasteiger charge is 2.25. The Labute approximate surface area is 126 Å². The zero-order chi connectivity index (χ0) is 15.1. The number of hydrogen-bond donors (Lipinski definition) is 1. The van der Waals surface area contributed by atoms with Crippen molar-refractivity contribution in [2.75, 3.05) is 32.7 Å². The normalized spacial score (nSPS) is 17.5. The van der Waals surface area contributed by atoms with Crippen LogP contribution in [0.25, 0.3) is 0 Å². The van der Waals surface area contributed by atoms with Crippen molar-refractivity contribution in [3.63, 3.8) is 0 Å². The fraction of sp³-hybridized carbons (Fsp3) is 0.562. The van der Waals surface area contributed by atoms with Crippen LogP contribution in [0.5, 0.6) is 5.75 Å². The zero-order valence-electron chi connectivity index (χ0n) is 12.7. The number of nitrogens with two attached hydrogens (primary N) is 1. The van der Waals surface area contributed by atoms with E-state index < -0.39 is 0 Å². The van der Waals surface area contributed by atoms with Crippen molar-refractivity contribution in [3.05, 3.63) is 30.3 Å². The summed E-state index contributed by atoms with van der Waals surface area (Å²) in [4.78, 5) is 16.3. The average Bonchev–Trinajstić information content (AvgIpc) is 2.54. The second-order valence-electron chi connectivity index (χ2n) is 5.38. The average molecular weight is 291 g/mol. The van der Waals surface area contributed by atoms with E-state index in [0.717, 1.165) is 25.9 Å². The van der Waals surface area contributed by atoms with Gasteiger partial charge < -0.3 is 15.4 Å². The summed E-state index contributed by atoms with van der Waals surface area (Å²) in [5.41, 5.74) is 5.84. The standard InChI is InChI=1S/C16H25N3O2/c1-2-6-14(13-17)18-9-11-19(12-10-18)16(20)21-15-7-4-3-5-8-15/h3-5,7-8,14H,2,6,9-13,17H2,1H3. The Balaban J connectivity index is 1.82. The van der Waals surface area contributed by atoms with Gasteiger partial charge in [-0.1, -0.05) is 31.5 Å². The summed E-state index contributed by atoms with van der Waals surface area (Å²) in [6, 6.07) is 9.63. The quantitative estimate of drug-likeness (QED) is 0.900. The molecule has 2 N–H and O–H groups in total. The summed E-state index contributed by atoms with van der Waals surface area (Å²) >= 11 is 0. The van der Waals surface area contributed by atoms with Gasteiger partial charge in [-0.3, -0.25) is 4.90 Å². The Morgan fingerprint density at radius 3 is 2.48 bits per heavy atom. The van der Waals surface area contributed by atoms with E-state index in [1.54, 1.807) is 17.0 Å². The molecule has 0 aliphatic carbocycles. The minimum absolute atomic E-state index is 0.263. The van der Waals surface area contributed by atoms with Gasteiger partial charge in [-0.05, 0) is 18.6 Å². The molecule has 1 aromatic carbocycles. The first-order valence-electron chi connectivity index (χ1n) is 7.70. The van der Waals surface area contributed by atoms with E-state index in [1.165, 1.54) is 0 Å². The van der Waals surface area contributed by atoms with Gasteiger partial charge in [0.1, 0.15) is 5.75 Å². The first kappa shape index (κ1) is 15.8. The maximum atomic E-state index is 12.1. The van der Waals surface area contributed by atoms with E-state index in [-0.39, 0.29) is 6.09 Å². The number of nitrogens with zero attached hydrogens (tertiary/aromatic N) is 2. The molecule has 0 saturated carbocycles. The zero-order valence-corrected chi connectivity index (χ0v) is 12.7. The molecule has 5 nitrogen and oxygen atoms in total. The number of carbonyl (C=O) groups is 1. The van der Waals surface area contributed by atoms with Crippen LogP contribution in [-0.2, 0) is 0 Å². The fourth-order valence-electron chi connectivity index (χ4n) is 2.71. The Morgan fingerprint density at radius 1 is 1.24 bits per heavy atom. The first-order chi connectivity index (χ1) is 10.2. The SMILES string of the molecule is CCCC(CN)N1CCN(C(=O)Oc2ccccc2)CC1. The highest BCUT2D eigenvalue weighted by Crippen LogP contribution is 2.14. The summed E-state index contributed by atoms with van der Waals surface area (Å²) < 4.78 is 5.37. The van der Waals surface area contributed by atoms with E-state index in [0.29, 0.717) is 31.4 Å². The van der Waals surface area contributed by atoms with Crippen LogP contribution in [-0.4, -0.2) is 54.7 Å². The molecule has 1 amide bonds. The maximum absolute atomic E-state index is 12.1. The van der Waals surface area contributed by atoms with Crippen LogP contribution in [0.4, 0.5) is 4.79 Å². The molecule has 1 heterocycles. The van der Waals surface area contributed by atoms with Crippen molar-refractivity contribution in [3.8, 4) is 5.75 Å². The van der Waals surface area contributed by atoms with Crippen LogP contribution >= 0.6 is 0 Å². The lowest BCUT2D eigenvalue weighted by molar-refractivity contribution is 0.0878. The van der Waals surface area contributed by atoms with Crippen molar-refractivity contribution in [2.45, 2.75) is 25.8 Å². The number of para-hydroxylation sites is 1. The van der Waals surface area contributed by atoms with Gasteiger partial charge in [0, 0.05) is 38.8 Å². The number of rotatable bonds is 5. The van der Waals surface area contributed by atoms with Gasteiger partial charge in [-0.2, -0.15) is 0 Å². The second kappa shape index (κ2) is 8.00. The molecule has 116 valence electrons. The molecule has 1 unspecified atom stereocenters. The number of carbonyl (C=O) groups excluding carboxylic acids is 1. The third-order valence-electron chi connectivity index (χ3n) is 3.93. The lowest BCUT2D eigenvalue weighted by Gasteiger charge is -2.38. The smallest absolute Gasteiger partial charge is 0.410 e. The molecule has 21 heavy (non-hydrogen) atoms. The number of ether oxygens (including phenoxy) is 1. The van der Waals surface area contributed by atoms with Gasteiger partial charge in [-0.25, -0.2) is 4.79 Å². The summed E-state index contributed by atoms with van der Waals surface area (Å²) in [6.07, 6.45) is 1.99. The minimum Gasteiger partial charge on any atom is -0.410 e. The van der Waals surface area contributed by atoms with Gasteiger partial charge >= 0.3 is 6.09 Å². The van der Waals surface area contributed by atoms with Gasteiger partial charge in [0.25, 0.3) is 0 Å². The molecule has 2 rings (SSSR count). The molecule has 0 bridgehead atoms. The van der Waals surface area contributed by atoms with Gasteiger partial charge in [0.05, 0.1) is 0 Å². The Kier molecular flexibility index (Phi) is 6.02. The van der Waals surface area contributed by atoms with Crippen LogP contribution in [0.2, 0.25) is 0 Å². The van der Waals surface area contributed by atoms with Crippen molar-refractivity contribution < 1.29 is 9.53 Å². The summed E-state index contributed by atoms with van der Waals surface area (Å²) in [5.74, 6) is 0.593. The molecule has 1 fully saturated rings. The van der Waals surface area contributed by atoms with E-state index in [4.69, 9.17) is 10.5 Å². The summed E-state index contributed by atoms with van der Waals surface area (Å²) in [6.45, 7) is 5.99. The van der Waals surface area contributed by atoms with Crippen LogP contribution in [0.1, 0.15) is 19.8 Å². The molecule has 1 aromatic rings. The Bertz CT molecular complexity index is 430. The summed E-state index contributed by atoms with van der Waals surface area (Å²) in [5, 5.41) is 0. The second-order valence-corrected chi connectivity index (χ2v) is 5.38. The third kappa shape index (κ3) is 4.44. The van der Waals surface area contributed by atoms with E-state index in [2.05, 4.69) is 11.8 Å².